The van der Waals surface area contributed by atoms with E-state index in [1.165, 1.54) is 49.3 Å². The Labute approximate surface area is 185 Å². The van der Waals surface area contributed by atoms with Gasteiger partial charge in [0.2, 0.25) is 0 Å². The van der Waals surface area contributed by atoms with Crippen molar-refractivity contribution in [3.8, 4) is 5.69 Å². The number of nitrogens with zero attached hydrogens (tertiary/aromatic N) is 2. The summed E-state index contributed by atoms with van der Waals surface area (Å²) >= 11 is 0. The summed E-state index contributed by atoms with van der Waals surface area (Å²) in [5, 5.41) is 8.60. The Balaban J connectivity index is 1.55. The molecule has 3 heterocycles. The minimum atomic E-state index is 0.0986. The largest absolute Gasteiger partial charge is 0.368 e. The molecule has 0 bridgehead atoms. The topological polar surface area (TPSA) is 21.9 Å². The van der Waals surface area contributed by atoms with Crippen LogP contribution in [-0.4, -0.2) is 9.13 Å². The maximum atomic E-state index is 3.49. The van der Waals surface area contributed by atoms with Crippen molar-refractivity contribution in [1.82, 2.24) is 14.5 Å². The fourth-order valence-electron chi connectivity index (χ4n) is 5.23. The lowest BCUT2D eigenvalue weighted by atomic mass is 10.1. The molecule has 0 radical (unpaired) electrons. The van der Waals surface area contributed by atoms with Crippen LogP contribution in [0.15, 0.2) is 115 Å². The van der Waals surface area contributed by atoms with Gasteiger partial charge in [0.1, 0.15) is 6.17 Å². The molecule has 0 saturated heterocycles. The van der Waals surface area contributed by atoms with Gasteiger partial charge < -0.3 is 14.5 Å². The van der Waals surface area contributed by atoms with Gasteiger partial charge in [0, 0.05) is 27.2 Å². The Morgan fingerprint density at radius 3 is 1.81 bits per heavy atom. The fourth-order valence-corrected chi connectivity index (χ4v) is 5.23. The third-order valence-electron chi connectivity index (χ3n) is 6.58. The second kappa shape index (κ2) is 6.63. The number of nitrogens with one attached hydrogen (secondary N) is 1. The number of dihydropyridines is 1. The minimum absolute atomic E-state index is 0.0986. The van der Waals surface area contributed by atoms with Crippen LogP contribution in [0, 0.1) is 0 Å². The third-order valence-corrected chi connectivity index (χ3v) is 6.58. The second-order valence-electron chi connectivity index (χ2n) is 8.31. The molecule has 3 nitrogen and oxygen atoms in total. The van der Waals surface area contributed by atoms with Gasteiger partial charge in [0.05, 0.1) is 22.1 Å². The van der Waals surface area contributed by atoms with Crippen LogP contribution in [0.5, 0.6) is 0 Å². The third kappa shape index (κ3) is 2.36. The van der Waals surface area contributed by atoms with Crippen molar-refractivity contribution >= 4 is 43.6 Å². The molecule has 0 saturated carbocycles. The lowest BCUT2D eigenvalue weighted by molar-refractivity contribution is 0.578. The van der Waals surface area contributed by atoms with Crippen LogP contribution >= 0.6 is 0 Å². The zero-order chi connectivity index (χ0) is 21.1. The van der Waals surface area contributed by atoms with E-state index in [1.807, 2.05) is 12.3 Å². The first kappa shape index (κ1) is 17.4. The molecule has 4 aromatic carbocycles. The molecule has 6 aromatic rings. The molecule has 0 amide bonds. The summed E-state index contributed by atoms with van der Waals surface area (Å²) in [6.07, 6.45) is 8.45. The van der Waals surface area contributed by atoms with Crippen LogP contribution in [0.2, 0.25) is 0 Å². The lowest BCUT2D eigenvalue weighted by Crippen LogP contribution is -2.21. The number of rotatable bonds is 2. The highest BCUT2D eigenvalue weighted by atomic mass is 15.2. The summed E-state index contributed by atoms with van der Waals surface area (Å²) in [6, 6.07) is 32.9. The van der Waals surface area contributed by atoms with Gasteiger partial charge in [-0.2, -0.15) is 0 Å². The average Bonchev–Trinajstić information content (AvgIpc) is 3.37. The molecule has 0 aliphatic carbocycles. The normalized spacial score (nSPS) is 15.8. The Morgan fingerprint density at radius 2 is 1.16 bits per heavy atom. The van der Waals surface area contributed by atoms with Gasteiger partial charge in [0.25, 0.3) is 0 Å². The van der Waals surface area contributed by atoms with E-state index in [1.54, 1.807) is 0 Å². The minimum Gasteiger partial charge on any atom is -0.368 e. The van der Waals surface area contributed by atoms with Crippen LogP contribution < -0.4 is 5.32 Å². The average molecular weight is 412 g/mol. The highest BCUT2D eigenvalue weighted by molar-refractivity contribution is 6.11. The number of fused-ring (bicyclic) bond motifs is 6. The van der Waals surface area contributed by atoms with Gasteiger partial charge in [-0.25, -0.2) is 0 Å². The number of benzene rings is 4. The fraction of sp³-hybridized carbons (Fsp3) is 0.0345. The molecule has 32 heavy (non-hydrogen) atoms. The van der Waals surface area contributed by atoms with Crippen molar-refractivity contribution < 1.29 is 0 Å². The number of hydrogen-bond donors (Lipinski definition) is 1. The Morgan fingerprint density at radius 1 is 0.562 bits per heavy atom. The highest BCUT2D eigenvalue weighted by Crippen LogP contribution is 2.36. The van der Waals surface area contributed by atoms with Crippen LogP contribution in [-0.2, 0) is 0 Å². The first-order chi connectivity index (χ1) is 15.9. The molecule has 1 unspecified atom stereocenters. The number of para-hydroxylation sites is 3. The predicted octanol–water partition coefficient (Wildman–Crippen LogP) is 7.06. The maximum absolute atomic E-state index is 3.49. The molecule has 1 aliphatic heterocycles. The van der Waals surface area contributed by atoms with Crippen LogP contribution in [0.25, 0.3) is 49.3 Å². The van der Waals surface area contributed by atoms with E-state index in [4.69, 9.17) is 0 Å². The van der Waals surface area contributed by atoms with Crippen molar-refractivity contribution in [2.75, 3.05) is 0 Å². The Kier molecular flexibility index (Phi) is 3.61. The standard InChI is InChI=1S/C29H21N3/c1-4-12-25-21(9-1)22-10-2-5-13-26(22)31(25)20-16-17-28-24(19-20)23-11-3-6-14-27(23)32(28)29-15-7-8-18-30-29/h1-19,29-30H. The molecular weight excluding hydrogens is 390 g/mol. The van der Waals surface area contributed by atoms with Gasteiger partial charge in [0.15, 0.2) is 0 Å². The molecule has 1 aliphatic rings. The molecule has 7 rings (SSSR count). The summed E-state index contributed by atoms with van der Waals surface area (Å²) < 4.78 is 4.78. The van der Waals surface area contributed by atoms with Crippen molar-refractivity contribution in [2.45, 2.75) is 6.17 Å². The highest BCUT2D eigenvalue weighted by Gasteiger charge is 2.18. The second-order valence-corrected chi connectivity index (χ2v) is 8.31. The van der Waals surface area contributed by atoms with Gasteiger partial charge >= 0.3 is 0 Å². The molecule has 3 heteroatoms. The zero-order valence-electron chi connectivity index (χ0n) is 17.4. The lowest BCUT2D eigenvalue weighted by Gasteiger charge is -2.20. The van der Waals surface area contributed by atoms with Crippen molar-refractivity contribution in [2.24, 2.45) is 0 Å². The Hall–Kier alpha value is -4.24. The maximum Gasteiger partial charge on any atom is 0.123 e. The summed E-state index contributed by atoms with van der Waals surface area (Å²) in [5.41, 5.74) is 6.12. The quantitative estimate of drug-likeness (QED) is 0.324. The molecule has 2 aromatic heterocycles. The van der Waals surface area contributed by atoms with Crippen LogP contribution in [0.1, 0.15) is 6.17 Å². The number of allylic oxidation sites excluding steroid dienone is 2. The van der Waals surface area contributed by atoms with E-state index in [9.17, 15) is 0 Å². The Bertz CT molecular complexity index is 1660. The molecule has 0 spiro atoms. The van der Waals surface area contributed by atoms with Crippen LogP contribution in [0.4, 0.5) is 0 Å². The summed E-state index contributed by atoms with van der Waals surface area (Å²) in [4.78, 5) is 0. The van der Waals surface area contributed by atoms with Gasteiger partial charge in [-0.3, -0.25) is 0 Å². The molecule has 1 atom stereocenters. The van der Waals surface area contributed by atoms with E-state index in [2.05, 4.69) is 118 Å². The summed E-state index contributed by atoms with van der Waals surface area (Å²) in [5.74, 6) is 0. The number of hydrogen-bond acceptors (Lipinski definition) is 1. The zero-order valence-corrected chi connectivity index (χ0v) is 17.4. The van der Waals surface area contributed by atoms with Gasteiger partial charge in [-0.1, -0.05) is 60.7 Å². The van der Waals surface area contributed by atoms with Gasteiger partial charge in [-0.15, -0.1) is 0 Å². The molecule has 152 valence electrons. The summed E-state index contributed by atoms with van der Waals surface area (Å²) in [7, 11) is 0. The van der Waals surface area contributed by atoms with Crippen molar-refractivity contribution in [3.05, 3.63) is 115 Å². The first-order valence-corrected chi connectivity index (χ1v) is 11.0. The van der Waals surface area contributed by atoms with E-state index in [0.29, 0.717) is 0 Å². The smallest absolute Gasteiger partial charge is 0.123 e. The van der Waals surface area contributed by atoms with E-state index in [0.717, 1.165) is 0 Å². The SMILES string of the molecule is C1=CNC(n2c3ccccc3c3cc(-n4c5ccccc5c5ccccc54)ccc32)C=C1. The molecular formula is C29H21N3. The van der Waals surface area contributed by atoms with Gasteiger partial charge in [-0.05, 0) is 54.8 Å². The monoisotopic (exact) mass is 411 g/mol. The molecule has 1 N–H and O–H groups in total. The molecule has 0 fully saturated rings. The first-order valence-electron chi connectivity index (χ1n) is 11.0. The number of aromatic nitrogens is 2. The van der Waals surface area contributed by atoms with E-state index in [-0.39, 0.29) is 6.17 Å². The van der Waals surface area contributed by atoms with E-state index < -0.39 is 0 Å². The van der Waals surface area contributed by atoms with Crippen LogP contribution in [0.3, 0.4) is 0 Å². The van der Waals surface area contributed by atoms with Crippen molar-refractivity contribution in [1.29, 1.82) is 0 Å². The van der Waals surface area contributed by atoms with Crippen molar-refractivity contribution in [3.63, 3.8) is 0 Å². The summed E-state index contributed by atoms with van der Waals surface area (Å²) in [6.45, 7) is 0. The predicted molar refractivity (Wildman–Crippen MR) is 134 cm³/mol. The van der Waals surface area contributed by atoms with E-state index >= 15 is 0 Å².